The molecule has 112 valence electrons. The van der Waals surface area contributed by atoms with Crippen molar-refractivity contribution in [1.82, 2.24) is 0 Å². The zero-order valence-corrected chi connectivity index (χ0v) is 15.5. The second kappa shape index (κ2) is 8.00. The highest BCUT2D eigenvalue weighted by Gasteiger charge is 2.11. The van der Waals surface area contributed by atoms with Crippen molar-refractivity contribution in [2.24, 2.45) is 5.73 Å². The fourth-order valence-corrected chi connectivity index (χ4v) is 2.92. The fourth-order valence-electron chi connectivity index (χ4n) is 1.96. The summed E-state index contributed by atoms with van der Waals surface area (Å²) in [4.78, 5) is 0. The van der Waals surface area contributed by atoms with E-state index in [9.17, 15) is 0 Å². The number of benzene rings is 2. The minimum Gasteiger partial charge on any atom is -0.493 e. The smallest absolute Gasteiger partial charge is 0.175 e. The lowest BCUT2D eigenvalue weighted by Crippen LogP contribution is -2.04. The van der Waals surface area contributed by atoms with Gasteiger partial charge in [-0.1, -0.05) is 12.1 Å². The van der Waals surface area contributed by atoms with E-state index in [2.05, 4.69) is 62.8 Å². The van der Waals surface area contributed by atoms with Gasteiger partial charge in [0.05, 0.1) is 11.6 Å². The van der Waals surface area contributed by atoms with E-state index >= 15 is 0 Å². The van der Waals surface area contributed by atoms with Gasteiger partial charge in [-0.25, -0.2) is 0 Å². The Morgan fingerprint density at radius 1 is 1.14 bits per heavy atom. The standard InChI is InChI=1S/C16H17BrINO2/c1-20-15-9-12(6-7-19)8-14(17)16(15)21-10-11-2-4-13(18)5-3-11/h2-5,8-9H,6-7,10,19H2,1H3. The summed E-state index contributed by atoms with van der Waals surface area (Å²) in [6.07, 6.45) is 0.812. The molecule has 0 fully saturated rings. The highest BCUT2D eigenvalue weighted by Crippen LogP contribution is 2.37. The molecule has 0 saturated heterocycles. The first-order valence-corrected chi connectivity index (χ1v) is 8.45. The van der Waals surface area contributed by atoms with Crippen LogP contribution in [0.3, 0.4) is 0 Å². The predicted molar refractivity (Wildman–Crippen MR) is 96.9 cm³/mol. The third kappa shape index (κ3) is 4.59. The molecular weight excluding hydrogens is 445 g/mol. The molecule has 2 N–H and O–H groups in total. The molecule has 0 aliphatic rings. The predicted octanol–water partition coefficient (Wildman–Crippen LogP) is 4.14. The van der Waals surface area contributed by atoms with Crippen LogP contribution in [0.4, 0.5) is 0 Å². The highest BCUT2D eigenvalue weighted by atomic mass is 127. The lowest BCUT2D eigenvalue weighted by Gasteiger charge is -2.14. The van der Waals surface area contributed by atoms with Crippen molar-refractivity contribution < 1.29 is 9.47 Å². The lowest BCUT2D eigenvalue weighted by molar-refractivity contribution is 0.282. The summed E-state index contributed by atoms with van der Waals surface area (Å²) in [7, 11) is 1.64. The second-order valence-corrected chi connectivity index (χ2v) is 6.66. The topological polar surface area (TPSA) is 44.5 Å². The number of hydrogen-bond donors (Lipinski definition) is 1. The van der Waals surface area contributed by atoms with Crippen LogP contribution in [0.1, 0.15) is 11.1 Å². The molecule has 0 atom stereocenters. The number of ether oxygens (including phenoxy) is 2. The highest BCUT2D eigenvalue weighted by molar-refractivity contribution is 14.1. The molecule has 0 aliphatic heterocycles. The molecule has 0 unspecified atom stereocenters. The van der Waals surface area contributed by atoms with Gasteiger partial charge in [-0.15, -0.1) is 0 Å². The van der Waals surface area contributed by atoms with E-state index < -0.39 is 0 Å². The van der Waals surface area contributed by atoms with E-state index in [0.717, 1.165) is 33.5 Å². The van der Waals surface area contributed by atoms with E-state index in [1.54, 1.807) is 7.11 Å². The van der Waals surface area contributed by atoms with Crippen molar-refractivity contribution in [1.29, 1.82) is 0 Å². The van der Waals surface area contributed by atoms with Gasteiger partial charge in [0.1, 0.15) is 6.61 Å². The molecule has 0 radical (unpaired) electrons. The number of halogens is 2. The molecule has 0 spiro atoms. The Hall–Kier alpha value is -0.790. The van der Waals surface area contributed by atoms with Gasteiger partial charge in [0.15, 0.2) is 11.5 Å². The maximum atomic E-state index is 5.91. The summed E-state index contributed by atoms with van der Waals surface area (Å²) in [5, 5.41) is 0. The Morgan fingerprint density at radius 3 is 2.48 bits per heavy atom. The van der Waals surface area contributed by atoms with E-state index in [-0.39, 0.29) is 0 Å². The largest absolute Gasteiger partial charge is 0.493 e. The second-order valence-electron chi connectivity index (χ2n) is 4.56. The number of methoxy groups -OCH3 is 1. The van der Waals surface area contributed by atoms with E-state index in [4.69, 9.17) is 15.2 Å². The van der Waals surface area contributed by atoms with Crippen molar-refractivity contribution in [3.05, 3.63) is 55.6 Å². The van der Waals surface area contributed by atoms with Crippen LogP contribution < -0.4 is 15.2 Å². The number of nitrogens with two attached hydrogens (primary N) is 1. The first-order valence-electron chi connectivity index (χ1n) is 6.57. The molecule has 2 aromatic rings. The number of hydrogen-bond acceptors (Lipinski definition) is 3. The lowest BCUT2D eigenvalue weighted by atomic mass is 10.1. The van der Waals surface area contributed by atoms with E-state index in [1.807, 2.05) is 12.1 Å². The van der Waals surface area contributed by atoms with Gasteiger partial charge in [-0.3, -0.25) is 0 Å². The summed E-state index contributed by atoms with van der Waals surface area (Å²) in [5.41, 5.74) is 7.85. The fraction of sp³-hybridized carbons (Fsp3) is 0.250. The molecule has 3 nitrogen and oxygen atoms in total. The first kappa shape index (κ1) is 16.6. The average Bonchev–Trinajstić information content (AvgIpc) is 2.47. The van der Waals surface area contributed by atoms with Crippen LogP contribution in [-0.2, 0) is 13.0 Å². The van der Waals surface area contributed by atoms with Crippen LogP contribution >= 0.6 is 38.5 Å². The van der Waals surface area contributed by atoms with Gasteiger partial charge >= 0.3 is 0 Å². The van der Waals surface area contributed by atoms with Gasteiger partial charge in [-0.2, -0.15) is 0 Å². The molecule has 2 aromatic carbocycles. The Labute approximate surface area is 147 Å². The Kier molecular flexibility index (Phi) is 6.32. The molecule has 2 rings (SSSR count). The van der Waals surface area contributed by atoms with Crippen molar-refractivity contribution in [3.63, 3.8) is 0 Å². The van der Waals surface area contributed by atoms with Crippen LogP contribution in [0.15, 0.2) is 40.9 Å². The van der Waals surface area contributed by atoms with Crippen molar-refractivity contribution in [2.75, 3.05) is 13.7 Å². The van der Waals surface area contributed by atoms with Gasteiger partial charge in [0.25, 0.3) is 0 Å². The van der Waals surface area contributed by atoms with Crippen LogP contribution in [-0.4, -0.2) is 13.7 Å². The van der Waals surface area contributed by atoms with Crippen molar-refractivity contribution in [3.8, 4) is 11.5 Å². The maximum absolute atomic E-state index is 5.91. The van der Waals surface area contributed by atoms with E-state index in [1.165, 1.54) is 3.57 Å². The van der Waals surface area contributed by atoms with Crippen molar-refractivity contribution >= 4 is 38.5 Å². The van der Waals surface area contributed by atoms with Gasteiger partial charge in [0, 0.05) is 3.57 Å². The molecule has 21 heavy (non-hydrogen) atoms. The third-order valence-corrected chi connectivity index (χ3v) is 4.33. The molecule has 5 heteroatoms. The van der Waals surface area contributed by atoms with Crippen LogP contribution in [0.2, 0.25) is 0 Å². The Bertz CT molecular complexity index is 602. The van der Waals surface area contributed by atoms with Gasteiger partial charge < -0.3 is 15.2 Å². The summed E-state index contributed by atoms with van der Waals surface area (Å²) in [6, 6.07) is 12.3. The summed E-state index contributed by atoms with van der Waals surface area (Å²) in [6.45, 7) is 1.11. The molecular formula is C16H17BrINO2. The molecule has 0 heterocycles. The van der Waals surface area contributed by atoms with Crippen LogP contribution in [0, 0.1) is 3.57 Å². The third-order valence-electron chi connectivity index (χ3n) is 3.02. The first-order chi connectivity index (χ1) is 10.1. The number of rotatable bonds is 6. The normalized spacial score (nSPS) is 10.5. The van der Waals surface area contributed by atoms with Gasteiger partial charge in [0.2, 0.25) is 0 Å². The van der Waals surface area contributed by atoms with Gasteiger partial charge in [-0.05, 0) is 86.9 Å². The van der Waals surface area contributed by atoms with Crippen LogP contribution in [0.25, 0.3) is 0 Å². The molecule has 0 bridgehead atoms. The minimum absolute atomic E-state index is 0.502. The van der Waals surface area contributed by atoms with Crippen molar-refractivity contribution in [2.45, 2.75) is 13.0 Å². The maximum Gasteiger partial charge on any atom is 0.175 e. The molecule has 0 aliphatic carbocycles. The molecule has 0 amide bonds. The SMILES string of the molecule is COc1cc(CCN)cc(Br)c1OCc1ccc(I)cc1. The molecule has 0 saturated carbocycles. The van der Waals surface area contributed by atoms with E-state index in [0.29, 0.717) is 13.2 Å². The quantitative estimate of drug-likeness (QED) is 0.657. The summed E-state index contributed by atoms with van der Waals surface area (Å²) in [5.74, 6) is 1.44. The Balaban J connectivity index is 2.16. The zero-order valence-electron chi connectivity index (χ0n) is 11.7. The minimum atomic E-state index is 0.502. The van der Waals surface area contributed by atoms with Crippen LogP contribution in [0.5, 0.6) is 11.5 Å². The zero-order chi connectivity index (χ0) is 15.2. The monoisotopic (exact) mass is 461 g/mol. The average molecular weight is 462 g/mol. The summed E-state index contributed by atoms with van der Waals surface area (Å²) < 4.78 is 13.4. The molecule has 0 aromatic heterocycles. The Morgan fingerprint density at radius 2 is 1.86 bits per heavy atom. The summed E-state index contributed by atoms with van der Waals surface area (Å²) >= 11 is 5.83.